The number of anilines is 1. The molecule has 1 amide bonds. The monoisotopic (exact) mass is 516 g/mol. The number of ether oxygens (including phenoxy) is 1. The van der Waals surface area contributed by atoms with E-state index >= 15 is 0 Å². The Morgan fingerprint density at radius 1 is 1.08 bits per heavy atom. The van der Waals surface area contributed by atoms with Gasteiger partial charge in [-0.15, -0.1) is 0 Å². The number of aliphatic hydroxyl groups excluding tert-OH is 2. The fourth-order valence-electron chi connectivity index (χ4n) is 4.58. The van der Waals surface area contributed by atoms with Crippen molar-refractivity contribution in [3.05, 3.63) is 83.9 Å². The van der Waals surface area contributed by atoms with E-state index in [4.69, 9.17) is 4.74 Å². The maximum atomic E-state index is 13.1. The summed E-state index contributed by atoms with van der Waals surface area (Å²) in [5.41, 5.74) is 2.64. The fraction of sp³-hybridized carbons (Fsp3) is 0.296. The van der Waals surface area contributed by atoms with E-state index in [-0.39, 0.29) is 17.4 Å². The molecule has 0 saturated carbocycles. The van der Waals surface area contributed by atoms with Crippen molar-refractivity contribution < 1.29 is 24.5 Å². The lowest BCUT2D eigenvalue weighted by molar-refractivity contribution is -0.0440. The summed E-state index contributed by atoms with van der Waals surface area (Å²) in [4.78, 5) is 38.1. The van der Waals surface area contributed by atoms with Crippen LogP contribution in [0.15, 0.2) is 67.3 Å². The lowest BCUT2D eigenvalue weighted by Crippen LogP contribution is -2.46. The second kappa shape index (κ2) is 10.7. The molecule has 5 rings (SSSR count). The number of ketones is 1. The van der Waals surface area contributed by atoms with Crippen LogP contribution in [-0.4, -0.2) is 66.3 Å². The Hall–Kier alpha value is -4.19. The molecule has 38 heavy (non-hydrogen) atoms. The van der Waals surface area contributed by atoms with Gasteiger partial charge in [0.2, 0.25) is 0 Å². The molecule has 1 saturated heterocycles. The number of hydrogen-bond acceptors (Lipinski definition) is 9. The van der Waals surface area contributed by atoms with Crippen LogP contribution in [0, 0.1) is 0 Å². The molecule has 5 atom stereocenters. The highest BCUT2D eigenvalue weighted by molar-refractivity contribution is 5.99. The van der Waals surface area contributed by atoms with E-state index in [0.717, 1.165) is 5.56 Å². The van der Waals surface area contributed by atoms with Gasteiger partial charge >= 0.3 is 0 Å². The maximum absolute atomic E-state index is 13.1. The molecule has 0 bridgehead atoms. The number of aromatic nitrogens is 4. The van der Waals surface area contributed by atoms with Crippen molar-refractivity contribution in [3.8, 4) is 0 Å². The predicted molar refractivity (Wildman–Crippen MR) is 139 cm³/mol. The van der Waals surface area contributed by atoms with Gasteiger partial charge in [-0.1, -0.05) is 42.5 Å². The SMILES string of the molecule is CC(=O)c1cccc(C(=O)N[C@@H]2[C@H](O)[C@@H](CO)O[C@H]2n2cnc3c(N[C@H](C)c4ccccc4)ncnc32)c1. The molecule has 11 heteroatoms. The smallest absolute Gasteiger partial charge is 0.251 e. The van der Waals surface area contributed by atoms with E-state index < -0.39 is 37.0 Å². The molecule has 1 fully saturated rings. The topological polar surface area (TPSA) is 151 Å². The number of hydrogen-bond donors (Lipinski definition) is 4. The number of nitrogens with one attached hydrogen (secondary N) is 2. The Kier molecular flexibility index (Phi) is 7.14. The lowest BCUT2D eigenvalue weighted by Gasteiger charge is -2.23. The third kappa shape index (κ3) is 4.86. The minimum absolute atomic E-state index is 0.0550. The van der Waals surface area contributed by atoms with Gasteiger partial charge in [0.25, 0.3) is 5.91 Å². The van der Waals surface area contributed by atoms with Crippen LogP contribution >= 0.6 is 0 Å². The third-order valence-corrected chi connectivity index (χ3v) is 6.67. The number of benzene rings is 2. The molecule has 11 nitrogen and oxygen atoms in total. The molecule has 196 valence electrons. The first-order valence-corrected chi connectivity index (χ1v) is 12.2. The highest BCUT2D eigenvalue weighted by Gasteiger charge is 2.46. The van der Waals surface area contributed by atoms with Crippen molar-refractivity contribution in [1.82, 2.24) is 24.8 Å². The number of carbonyl (C=O) groups excluding carboxylic acids is 2. The molecule has 0 radical (unpaired) electrons. The van der Waals surface area contributed by atoms with Crippen molar-refractivity contribution in [1.29, 1.82) is 0 Å². The van der Waals surface area contributed by atoms with Gasteiger partial charge < -0.3 is 25.6 Å². The summed E-state index contributed by atoms with van der Waals surface area (Å²) in [6.07, 6.45) is -0.161. The first-order valence-electron chi connectivity index (χ1n) is 12.2. The number of imidazole rings is 1. The summed E-state index contributed by atoms with van der Waals surface area (Å²) in [6, 6.07) is 15.2. The maximum Gasteiger partial charge on any atom is 0.251 e. The van der Waals surface area contributed by atoms with Crippen molar-refractivity contribution in [2.24, 2.45) is 0 Å². The minimum atomic E-state index is -1.21. The highest BCUT2D eigenvalue weighted by Crippen LogP contribution is 2.33. The number of carbonyl (C=O) groups is 2. The molecule has 2 aromatic heterocycles. The van der Waals surface area contributed by atoms with E-state index in [1.54, 1.807) is 22.8 Å². The second-order valence-corrected chi connectivity index (χ2v) is 9.20. The van der Waals surface area contributed by atoms with Crippen molar-refractivity contribution in [2.45, 2.75) is 44.4 Å². The average molecular weight is 517 g/mol. The average Bonchev–Trinajstić information content (AvgIpc) is 3.50. The number of Topliss-reactive ketones (excluding diaryl/α,β-unsaturated/α-hetero) is 1. The Bertz CT molecular complexity index is 1460. The van der Waals surface area contributed by atoms with E-state index in [0.29, 0.717) is 22.5 Å². The van der Waals surface area contributed by atoms with E-state index in [1.165, 1.54) is 25.6 Å². The van der Waals surface area contributed by atoms with Crippen LogP contribution in [0.5, 0.6) is 0 Å². The summed E-state index contributed by atoms with van der Waals surface area (Å²) in [6.45, 7) is 2.98. The quantitative estimate of drug-likeness (QED) is 0.258. The number of aliphatic hydroxyl groups is 2. The zero-order chi connectivity index (χ0) is 26.8. The molecule has 4 aromatic rings. The first kappa shape index (κ1) is 25.5. The molecular weight excluding hydrogens is 488 g/mol. The predicted octanol–water partition coefficient (Wildman–Crippen LogP) is 2.25. The van der Waals surface area contributed by atoms with Crippen LogP contribution in [0.3, 0.4) is 0 Å². The van der Waals surface area contributed by atoms with Gasteiger partial charge in [-0.25, -0.2) is 15.0 Å². The molecule has 3 heterocycles. The van der Waals surface area contributed by atoms with Gasteiger partial charge in [0.1, 0.15) is 24.6 Å². The van der Waals surface area contributed by atoms with Gasteiger partial charge in [-0.05, 0) is 31.5 Å². The largest absolute Gasteiger partial charge is 0.394 e. The summed E-state index contributed by atoms with van der Waals surface area (Å²) in [5.74, 6) is -0.149. The van der Waals surface area contributed by atoms with Crippen LogP contribution in [0.4, 0.5) is 5.82 Å². The van der Waals surface area contributed by atoms with E-state index in [9.17, 15) is 19.8 Å². The summed E-state index contributed by atoms with van der Waals surface area (Å²) in [5, 5.41) is 26.8. The number of rotatable bonds is 8. The summed E-state index contributed by atoms with van der Waals surface area (Å²) < 4.78 is 7.55. The summed E-state index contributed by atoms with van der Waals surface area (Å²) >= 11 is 0. The van der Waals surface area contributed by atoms with Gasteiger partial charge in [0, 0.05) is 11.1 Å². The van der Waals surface area contributed by atoms with E-state index in [2.05, 4.69) is 25.6 Å². The molecule has 1 aliphatic rings. The third-order valence-electron chi connectivity index (χ3n) is 6.67. The Balaban J connectivity index is 1.44. The zero-order valence-electron chi connectivity index (χ0n) is 20.9. The van der Waals surface area contributed by atoms with Crippen LogP contribution in [0.2, 0.25) is 0 Å². The molecule has 0 aliphatic carbocycles. The van der Waals surface area contributed by atoms with Gasteiger partial charge in [-0.3, -0.25) is 14.2 Å². The standard InChI is InChI=1S/C27H28N6O5/c1-15(17-7-4-3-5-8-17)31-24-22-25(29-13-28-24)33(14-30-22)27-21(23(36)20(12-34)38-27)32-26(37)19-10-6-9-18(11-19)16(2)35/h3-11,13-15,20-21,23,27,34,36H,12H2,1-2H3,(H,32,37)(H,28,29,31)/t15-,20-,21-,23-,27-/m1/s1. The lowest BCUT2D eigenvalue weighted by atomic mass is 10.1. The van der Waals surface area contributed by atoms with Crippen LogP contribution in [0.1, 0.15) is 52.4 Å². The Morgan fingerprint density at radius 3 is 2.58 bits per heavy atom. The van der Waals surface area contributed by atoms with Crippen molar-refractivity contribution in [2.75, 3.05) is 11.9 Å². The van der Waals surface area contributed by atoms with Crippen molar-refractivity contribution in [3.63, 3.8) is 0 Å². The molecular formula is C27H28N6O5. The molecule has 0 unspecified atom stereocenters. The first-order chi connectivity index (χ1) is 18.4. The molecule has 4 N–H and O–H groups in total. The highest BCUT2D eigenvalue weighted by atomic mass is 16.5. The Labute approximate surface area is 218 Å². The van der Waals surface area contributed by atoms with Crippen LogP contribution in [-0.2, 0) is 4.74 Å². The van der Waals surface area contributed by atoms with Crippen LogP contribution < -0.4 is 10.6 Å². The summed E-state index contributed by atoms with van der Waals surface area (Å²) in [7, 11) is 0. The van der Waals surface area contributed by atoms with Crippen LogP contribution in [0.25, 0.3) is 11.2 Å². The molecule has 2 aromatic carbocycles. The second-order valence-electron chi connectivity index (χ2n) is 9.20. The number of fused-ring (bicyclic) bond motifs is 1. The zero-order valence-corrected chi connectivity index (χ0v) is 20.9. The Morgan fingerprint density at radius 2 is 1.84 bits per heavy atom. The van der Waals surface area contributed by atoms with Gasteiger partial charge in [0.15, 0.2) is 29.0 Å². The minimum Gasteiger partial charge on any atom is -0.394 e. The van der Waals surface area contributed by atoms with Gasteiger partial charge in [-0.2, -0.15) is 0 Å². The number of nitrogens with zero attached hydrogens (tertiary/aromatic N) is 4. The number of amides is 1. The molecule has 1 aliphatic heterocycles. The van der Waals surface area contributed by atoms with Crippen molar-refractivity contribution >= 4 is 28.7 Å². The molecule has 0 spiro atoms. The van der Waals surface area contributed by atoms with E-state index in [1.807, 2.05) is 37.3 Å². The van der Waals surface area contributed by atoms with Gasteiger partial charge in [0.05, 0.1) is 19.0 Å². The normalized spacial score (nSPS) is 21.8. The fourth-order valence-corrected chi connectivity index (χ4v) is 4.58.